The van der Waals surface area contributed by atoms with Gasteiger partial charge in [-0.3, -0.25) is 4.99 Å². The first-order valence-corrected chi connectivity index (χ1v) is 12.4. The van der Waals surface area contributed by atoms with Gasteiger partial charge in [0.1, 0.15) is 4.21 Å². The van der Waals surface area contributed by atoms with E-state index in [1.165, 1.54) is 5.39 Å². The van der Waals surface area contributed by atoms with Crippen molar-refractivity contribution in [2.24, 2.45) is 4.99 Å². The van der Waals surface area contributed by atoms with Crippen LogP contribution in [-0.4, -0.2) is 44.4 Å². The summed E-state index contributed by atoms with van der Waals surface area (Å²) in [6.45, 7) is 4.64. The molecule has 0 bridgehead atoms. The lowest BCUT2D eigenvalue weighted by molar-refractivity contribution is 0.206. The quantitative estimate of drug-likeness (QED) is 0.365. The van der Waals surface area contributed by atoms with Crippen LogP contribution in [0, 0.1) is 0 Å². The van der Waals surface area contributed by atoms with Gasteiger partial charge in [0.05, 0.1) is 24.4 Å². The van der Waals surface area contributed by atoms with Gasteiger partial charge in [-0.25, -0.2) is 8.42 Å². The van der Waals surface area contributed by atoms with Gasteiger partial charge in [0, 0.05) is 6.54 Å². The van der Waals surface area contributed by atoms with Crippen molar-refractivity contribution >= 4 is 37.9 Å². The fourth-order valence-corrected chi connectivity index (χ4v) is 5.72. The Kier molecular flexibility index (Phi) is 7.47. The van der Waals surface area contributed by atoms with Gasteiger partial charge in [-0.1, -0.05) is 48.5 Å². The Balaban J connectivity index is 1.69. The van der Waals surface area contributed by atoms with Crippen molar-refractivity contribution in [1.29, 1.82) is 0 Å². The van der Waals surface area contributed by atoms with Crippen LogP contribution in [0.4, 0.5) is 0 Å². The summed E-state index contributed by atoms with van der Waals surface area (Å²) in [5.74, 6) is 0.181. The lowest BCUT2D eigenvalue weighted by Gasteiger charge is -2.20. The van der Waals surface area contributed by atoms with E-state index in [-0.39, 0.29) is 22.5 Å². The highest BCUT2D eigenvalue weighted by Gasteiger charge is 2.21. The highest BCUT2D eigenvalue weighted by molar-refractivity contribution is 7.93. The summed E-state index contributed by atoms with van der Waals surface area (Å²) in [6, 6.07) is 17.6. The third kappa shape index (κ3) is 5.59. The summed E-state index contributed by atoms with van der Waals surface area (Å²) < 4.78 is 24.9. The molecular formula is C22H27N3O3S2. The monoisotopic (exact) mass is 445 g/mol. The summed E-state index contributed by atoms with van der Waals surface area (Å²) in [5, 5.41) is 20.8. The summed E-state index contributed by atoms with van der Waals surface area (Å²) in [5.41, 5.74) is 1.14. The normalized spacial score (nSPS) is 14.4. The Morgan fingerprint density at radius 1 is 1.13 bits per heavy atom. The number of hydrogen-bond acceptors (Lipinski definition) is 5. The van der Waals surface area contributed by atoms with Crippen LogP contribution in [0.2, 0.25) is 0 Å². The summed E-state index contributed by atoms with van der Waals surface area (Å²) >= 11 is 1.15. The second-order valence-electron chi connectivity index (χ2n) is 7.02. The van der Waals surface area contributed by atoms with Crippen molar-refractivity contribution in [1.82, 2.24) is 10.6 Å². The third-order valence-electron chi connectivity index (χ3n) is 4.66. The Labute approximate surface area is 181 Å². The van der Waals surface area contributed by atoms with Crippen molar-refractivity contribution in [2.45, 2.75) is 30.2 Å². The van der Waals surface area contributed by atoms with Crippen LogP contribution < -0.4 is 10.6 Å². The molecule has 0 spiro atoms. The first-order chi connectivity index (χ1) is 14.4. The van der Waals surface area contributed by atoms with Crippen LogP contribution >= 0.6 is 11.3 Å². The van der Waals surface area contributed by atoms with Gasteiger partial charge in [0.15, 0.2) is 15.8 Å². The van der Waals surface area contributed by atoms with Gasteiger partial charge in [-0.05, 0) is 41.6 Å². The molecule has 3 N–H and O–H groups in total. The summed E-state index contributed by atoms with van der Waals surface area (Å²) in [7, 11) is -3.51. The number of aliphatic hydroxyl groups is 1. The average molecular weight is 446 g/mol. The first kappa shape index (κ1) is 22.3. The van der Waals surface area contributed by atoms with Crippen LogP contribution in [0.3, 0.4) is 0 Å². The Hall–Kier alpha value is -2.42. The maximum absolute atomic E-state index is 12.3. The number of guanidine groups is 1. The smallest absolute Gasteiger partial charge is 0.191 e. The number of sulfone groups is 1. The van der Waals surface area contributed by atoms with E-state index in [0.29, 0.717) is 12.5 Å². The van der Waals surface area contributed by atoms with Crippen LogP contribution in [0.25, 0.3) is 10.8 Å². The van der Waals surface area contributed by atoms with Gasteiger partial charge in [-0.2, -0.15) is 0 Å². The number of aliphatic hydroxyl groups excluding tert-OH is 1. The van der Waals surface area contributed by atoms with Crippen molar-refractivity contribution in [2.75, 3.05) is 18.8 Å². The molecule has 2 aromatic carbocycles. The fraction of sp³-hybridized carbons (Fsp3) is 0.318. The number of aliphatic imine (C=N–C) groups is 1. The minimum atomic E-state index is -3.51. The number of nitrogens with zero attached hydrogens (tertiary/aromatic N) is 1. The number of hydrogen-bond donors (Lipinski definition) is 3. The number of nitrogens with one attached hydrogen (secondary N) is 2. The maximum atomic E-state index is 12.3. The molecule has 3 rings (SSSR count). The predicted octanol–water partition coefficient (Wildman–Crippen LogP) is 3.35. The molecule has 0 saturated carbocycles. The van der Waals surface area contributed by atoms with Crippen LogP contribution in [0.1, 0.15) is 25.5 Å². The number of thiophene rings is 1. The summed E-state index contributed by atoms with van der Waals surface area (Å²) in [6.07, 6.45) is -1.08. The van der Waals surface area contributed by atoms with Crippen molar-refractivity contribution in [3.8, 4) is 0 Å². The molecule has 160 valence electrons. The molecule has 6 nitrogen and oxygen atoms in total. The Morgan fingerprint density at radius 3 is 2.63 bits per heavy atom. The molecule has 0 amide bonds. The van der Waals surface area contributed by atoms with Crippen molar-refractivity contribution in [3.05, 3.63) is 65.5 Å². The topological polar surface area (TPSA) is 90.8 Å². The van der Waals surface area contributed by atoms with Gasteiger partial charge in [0.25, 0.3) is 0 Å². The van der Waals surface area contributed by atoms with E-state index in [1.54, 1.807) is 17.5 Å². The van der Waals surface area contributed by atoms with Gasteiger partial charge < -0.3 is 15.7 Å². The molecule has 3 aromatic rings. The molecule has 2 unspecified atom stereocenters. The Morgan fingerprint density at radius 2 is 1.90 bits per heavy atom. The number of rotatable bonds is 8. The molecule has 1 aromatic heterocycles. The van der Waals surface area contributed by atoms with Crippen molar-refractivity contribution < 1.29 is 13.5 Å². The second kappa shape index (κ2) is 10.1. The molecule has 2 atom stereocenters. The molecule has 0 saturated heterocycles. The third-order valence-corrected chi connectivity index (χ3v) is 7.95. The Bertz CT molecular complexity index is 1090. The van der Waals surface area contributed by atoms with E-state index in [1.807, 2.05) is 32.0 Å². The largest absolute Gasteiger partial charge is 0.390 e. The predicted molar refractivity (Wildman–Crippen MR) is 124 cm³/mol. The van der Waals surface area contributed by atoms with Gasteiger partial charge in [0.2, 0.25) is 0 Å². The lowest BCUT2D eigenvalue weighted by Crippen LogP contribution is -2.39. The molecule has 30 heavy (non-hydrogen) atoms. The summed E-state index contributed by atoms with van der Waals surface area (Å²) in [4.78, 5) is 4.41. The minimum Gasteiger partial charge on any atom is -0.390 e. The number of benzene rings is 2. The van der Waals surface area contributed by atoms with Crippen molar-refractivity contribution in [3.63, 3.8) is 0 Å². The SMILES string of the molecule is CCNC(=NCC(O)CS(=O)(=O)c1cccs1)NC(C)c1cccc2ccccc12. The molecule has 0 fully saturated rings. The van der Waals surface area contributed by atoms with E-state index >= 15 is 0 Å². The lowest BCUT2D eigenvalue weighted by atomic mass is 10.00. The van der Waals surface area contributed by atoms with E-state index < -0.39 is 15.9 Å². The molecule has 0 aliphatic rings. The molecule has 0 aliphatic heterocycles. The first-order valence-electron chi connectivity index (χ1n) is 9.87. The zero-order valence-electron chi connectivity index (χ0n) is 17.1. The maximum Gasteiger partial charge on any atom is 0.191 e. The van der Waals surface area contributed by atoms with E-state index in [9.17, 15) is 13.5 Å². The minimum absolute atomic E-state index is 0.0117. The molecule has 8 heteroatoms. The second-order valence-corrected chi connectivity index (χ2v) is 10.2. The van der Waals surface area contributed by atoms with E-state index in [2.05, 4.69) is 39.9 Å². The van der Waals surface area contributed by atoms with Gasteiger partial charge >= 0.3 is 0 Å². The number of fused-ring (bicyclic) bond motifs is 1. The van der Waals surface area contributed by atoms with Crippen LogP contribution in [0.15, 0.2) is 69.2 Å². The molecule has 1 heterocycles. The van der Waals surface area contributed by atoms with E-state index in [4.69, 9.17) is 0 Å². The molecule has 0 radical (unpaired) electrons. The van der Waals surface area contributed by atoms with Crippen LogP contribution in [0.5, 0.6) is 0 Å². The standard InChI is InChI=1S/C22H27N3O3S2/c1-3-23-22(24-14-18(26)15-30(27,28)21-12-7-13-29-21)25-16(2)19-11-6-9-17-8-4-5-10-20(17)19/h4-13,16,18,26H,3,14-15H2,1-2H3,(H2,23,24,25). The van der Waals surface area contributed by atoms with E-state index in [0.717, 1.165) is 22.3 Å². The zero-order valence-corrected chi connectivity index (χ0v) is 18.7. The highest BCUT2D eigenvalue weighted by atomic mass is 32.2. The zero-order chi connectivity index (χ0) is 21.6. The highest BCUT2D eigenvalue weighted by Crippen LogP contribution is 2.24. The van der Waals surface area contributed by atoms with Gasteiger partial charge in [-0.15, -0.1) is 11.3 Å². The molecule has 0 aliphatic carbocycles. The fourth-order valence-electron chi connectivity index (χ4n) is 3.26. The van der Waals surface area contributed by atoms with Crippen LogP contribution in [-0.2, 0) is 9.84 Å². The molecular weight excluding hydrogens is 418 g/mol. The average Bonchev–Trinajstić information content (AvgIpc) is 3.27.